The normalized spacial score (nSPS) is 18.0. The van der Waals surface area contributed by atoms with Gasteiger partial charge in [0.05, 0.1) is 4.92 Å². The molecule has 1 fully saturated rings. The molecular formula is C15H22N2O2. The molecule has 1 aliphatic carbocycles. The number of nitro benzene ring substituents is 1. The van der Waals surface area contributed by atoms with Crippen molar-refractivity contribution < 1.29 is 4.92 Å². The highest BCUT2D eigenvalue weighted by Gasteiger charge is 2.20. The topological polar surface area (TPSA) is 55.2 Å². The molecule has 1 aromatic rings. The number of nitro groups is 1. The van der Waals surface area contributed by atoms with E-state index in [9.17, 15) is 10.1 Å². The molecule has 0 amide bonds. The third-order valence-electron chi connectivity index (χ3n) is 4.02. The fourth-order valence-corrected chi connectivity index (χ4v) is 2.97. The molecule has 4 heteroatoms. The average molecular weight is 262 g/mol. The van der Waals surface area contributed by atoms with Crippen molar-refractivity contribution in [2.45, 2.75) is 52.0 Å². The molecule has 0 saturated heterocycles. The van der Waals surface area contributed by atoms with Crippen LogP contribution in [0.25, 0.3) is 0 Å². The third-order valence-corrected chi connectivity index (χ3v) is 4.02. The lowest BCUT2D eigenvalue weighted by atomic mass is 9.84. The molecule has 0 aromatic heterocycles. The molecule has 1 N–H and O–H groups in total. The van der Waals surface area contributed by atoms with E-state index in [1.54, 1.807) is 12.1 Å². The van der Waals surface area contributed by atoms with E-state index in [2.05, 4.69) is 12.2 Å². The first-order valence-corrected chi connectivity index (χ1v) is 7.09. The number of nitrogens with one attached hydrogen (secondary N) is 1. The van der Waals surface area contributed by atoms with E-state index < -0.39 is 0 Å². The zero-order chi connectivity index (χ0) is 13.8. The molecule has 1 aliphatic rings. The van der Waals surface area contributed by atoms with E-state index in [4.69, 9.17) is 0 Å². The Morgan fingerprint density at radius 3 is 2.58 bits per heavy atom. The Hall–Kier alpha value is -1.58. The second-order valence-corrected chi connectivity index (χ2v) is 5.65. The van der Waals surface area contributed by atoms with Crippen molar-refractivity contribution in [3.05, 3.63) is 33.9 Å². The highest BCUT2D eigenvalue weighted by atomic mass is 16.6. The fourth-order valence-electron chi connectivity index (χ4n) is 2.97. The van der Waals surface area contributed by atoms with E-state index in [1.807, 2.05) is 13.0 Å². The molecule has 19 heavy (non-hydrogen) atoms. The lowest BCUT2D eigenvalue weighted by Crippen LogP contribution is -2.27. The van der Waals surface area contributed by atoms with Gasteiger partial charge in [-0.2, -0.15) is 0 Å². The maximum Gasteiger partial charge on any atom is 0.271 e. The van der Waals surface area contributed by atoms with Crippen LogP contribution in [-0.2, 0) is 0 Å². The van der Waals surface area contributed by atoms with Gasteiger partial charge in [-0.15, -0.1) is 0 Å². The van der Waals surface area contributed by atoms with Gasteiger partial charge >= 0.3 is 0 Å². The summed E-state index contributed by atoms with van der Waals surface area (Å²) in [6.45, 7) is 4.08. The molecule has 104 valence electrons. The Morgan fingerprint density at radius 2 is 1.95 bits per heavy atom. The van der Waals surface area contributed by atoms with Crippen molar-refractivity contribution >= 4 is 11.4 Å². The number of anilines is 1. The zero-order valence-electron chi connectivity index (χ0n) is 11.7. The minimum absolute atomic E-state index is 0.165. The number of non-ortho nitro benzene ring substituents is 1. The first-order valence-electron chi connectivity index (χ1n) is 7.09. The minimum Gasteiger partial charge on any atom is -0.382 e. The van der Waals surface area contributed by atoms with E-state index in [1.165, 1.54) is 32.1 Å². The van der Waals surface area contributed by atoms with E-state index in [-0.39, 0.29) is 10.6 Å². The second-order valence-electron chi connectivity index (χ2n) is 5.65. The van der Waals surface area contributed by atoms with Gasteiger partial charge in [-0.1, -0.05) is 19.3 Å². The number of hydrogen-bond donors (Lipinski definition) is 1. The summed E-state index contributed by atoms with van der Waals surface area (Å²) in [7, 11) is 0. The van der Waals surface area contributed by atoms with Crippen molar-refractivity contribution in [3.63, 3.8) is 0 Å². The summed E-state index contributed by atoms with van der Waals surface area (Å²) in [5.74, 6) is 0.688. The predicted molar refractivity (Wildman–Crippen MR) is 77.5 cm³/mol. The van der Waals surface area contributed by atoms with Crippen LogP contribution in [-0.4, -0.2) is 11.0 Å². The van der Waals surface area contributed by atoms with Crippen LogP contribution >= 0.6 is 0 Å². The standard InChI is InChI=1S/C15H22N2O2/c1-11-8-14(10-15(9-11)17(18)19)16-12(2)13-6-4-3-5-7-13/h8-10,12-13,16H,3-7H2,1-2H3. The maximum atomic E-state index is 10.9. The molecule has 0 aliphatic heterocycles. The van der Waals surface area contributed by atoms with E-state index in [0.717, 1.165) is 11.3 Å². The van der Waals surface area contributed by atoms with E-state index >= 15 is 0 Å². The van der Waals surface area contributed by atoms with Crippen LogP contribution in [0.2, 0.25) is 0 Å². The quantitative estimate of drug-likeness (QED) is 0.650. The maximum absolute atomic E-state index is 10.9. The van der Waals surface area contributed by atoms with Crippen molar-refractivity contribution in [1.29, 1.82) is 0 Å². The van der Waals surface area contributed by atoms with Crippen LogP contribution in [0.4, 0.5) is 11.4 Å². The molecule has 4 nitrogen and oxygen atoms in total. The molecule has 0 radical (unpaired) electrons. The molecule has 0 spiro atoms. The van der Waals surface area contributed by atoms with Crippen LogP contribution in [0.5, 0.6) is 0 Å². The molecule has 0 bridgehead atoms. The molecule has 2 rings (SSSR count). The molecule has 1 aromatic carbocycles. The summed E-state index contributed by atoms with van der Waals surface area (Å²) in [5, 5.41) is 14.3. The smallest absolute Gasteiger partial charge is 0.271 e. The summed E-state index contributed by atoms with van der Waals surface area (Å²) < 4.78 is 0. The summed E-state index contributed by atoms with van der Waals surface area (Å²) in [4.78, 5) is 10.5. The second kappa shape index (κ2) is 6.04. The first-order chi connectivity index (χ1) is 9.06. The first kappa shape index (κ1) is 13.8. The van der Waals surface area contributed by atoms with Crippen LogP contribution in [0, 0.1) is 23.0 Å². The van der Waals surface area contributed by atoms with Crippen molar-refractivity contribution in [2.75, 3.05) is 5.32 Å². The summed E-state index contributed by atoms with van der Waals surface area (Å²) in [6.07, 6.45) is 6.50. The summed E-state index contributed by atoms with van der Waals surface area (Å²) >= 11 is 0. The van der Waals surface area contributed by atoms with Crippen LogP contribution in [0.1, 0.15) is 44.6 Å². The van der Waals surface area contributed by atoms with Crippen LogP contribution in [0.15, 0.2) is 18.2 Å². The largest absolute Gasteiger partial charge is 0.382 e. The van der Waals surface area contributed by atoms with Gasteiger partial charge in [0.25, 0.3) is 5.69 Å². The zero-order valence-corrected chi connectivity index (χ0v) is 11.7. The van der Waals surface area contributed by atoms with Crippen LogP contribution in [0.3, 0.4) is 0 Å². The van der Waals surface area contributed by atoms with Gasteiger partial charge in [0, 0.05) is 23.9 Å². The number of nitrogens with zero attached hydrogens (tertiary/aromatic N) is 1. The minimum atomic E-state index is -0.330. The van der Waals surface area contributed by atoms with Crippen molar-refractivity contribution in [1.82, 2.24) is 0 Å². The fraction of sp³-hybridized carbons (Fsp3) is 0.600. The number of hydrogen-bond acceptors (Lipinski definition) is 3. The predicted octanol–water partition coefficient (Wildman–Crippen LogP) is 4.28. The van der Waals surface area contributed by atoms with Gasteiger partial charge < -0.3 is 5.32 Å². The monoisotopic (exact) mass is 262 g/mol. The molecule has 0 heterocycles. The Balaban J connectivity index is 2.07. The lowest BCUT2D eigenvalue weighted by molar-refractivity contribution is -0.384. The van der Waals surface area contributed by atoms with Gasteiger partial charge in [0.2, 0.25) is 0 Å². The number of aryl methyl sites for hydroxylation is 1. The number of benzene rings is 1. The van der Waals surface area contributed by atoms with Gasteiger partial charge in [-0.05, 0) is 44.2 Å². The summed E-state index contributed by atoms with van der Waals surface area (Å²) in [5.41, 5.74) is 1.95. The third kappa shape index (κ3) is 3.69. The number of rotatable bonds is 4. The Bertz CT molecular complexity index is 453. The molecule has 1 atom stereocenters. The Labute approximate surface area is 114 Å². The van der Waals surface area contributed by atoms with Crippen molar-refractivity contribution in [2.24, 2.45) is 5.92 Å². The Kier molecular flexibility index (Phi) is 4.40. The molecule has 1 saturated carbocycles. The van der Waals surface area contributed by atoms with Gasteiger partial charge in [-0.25, -0.2) is 0 Å². The average Bonchev–Trinajstić information content (AvgIpc) is 2.39. The Morgan fingerprint density at radius 1 is 1.26 bits per heavy atom. The van der Waals surface area contributed by atoms with Crippen LogP contribution < -0.4 is 5.32 Å². The highest BCUT2D eigenvalue weighted by molar-refractivity contribution is 5.54. The van der Waals surface area contributed by atoms with Gasteiger partial charge in [0.1, 0.15) is 0 Å². The highest BCUT2D eigenvalue weighted by Crippen LogP contribution is 2.29. The molecular weight excluding hydrogens is 240 g/mol. The lowest BCUT2D eigenvalue weighted by Gasteiger charge is -2.29. The van der Waals surface area contributed by atoms with Gasteiger partial charge in [-0.3, -0.25) is 10.1 Å². The van der Waals surface area contributed by atoms with Crippen molar-refractivity contribution in [3.8, 4) is 0 Å². The summed E-state index contributed by atoms with van der Waals surface area (Å²) in [6, 6.07) is 5.59. The van der Waals surface area contributed by atoms with Gasteiger partial charge in [0.15, 0.2) is 0 Å². The van der Waals surface area contributed by atoms with E-state index in [0.29, 0.717) is 12.0 Å². The SMILES string of the molecule is Cc1cc(NC(C)C2CCCCC2)cc([N+](=O)[O-])c1. The molecule has 1 unspecified atom stereocenters.